The minimum absolute atomic E-state index is 0.367. The van der Waals surface area contributed by atoms with Crippen LogP contribution in [0.4, 0.5) is 5.69 Å². The summed E-state index contributed by atoms with van der Waals surface area (Å²) in [6.45, 7) is 7.37. The number of hydrogen-bond donors (Lipinski definition) is 1. The second-order valence-electron chi connectivity index (χ2n) is 8.23. The molecule has 1 N–H and O–H groups in total. The van der Waals surface area contributed by atoms with Gasteiger partial charge in [-0.1, -0.05) is 66.7 Å². The summed E-state index contributed by atoms with van der Waals surface area (Å²) >= 11 is 0. The van der Waals surface area contributed by atoms with Gasteiger partial charge in [0.25, 0.3) is 0 Å². The first-order valence-electron chi connectivity index (χ1n) is 10.6. The highest BCUT2D eigenvalue weighted by Crippen LogP contribution is 2.28. The number of amides is 1. The van der Waals surface area contributed by atoms with E-state index >= 15 is 0 Å². The van der Waals surface area contributed by atoms with E-state index in [2.05, 4.69) is 5.32 Å². The molecule has 0 saturated carbocycles. The van der Waals surface area contributed by atoms with Crippen molar-refractivity contribution < 1.29 is 13.2 Å². The third kappa shape index (κ3) is 5.19. The molecule has 3 aromatic rings. The van der Waals surface area contributed by atoms with Gasteiger partial charge in [0.2, 0.25) is 15.9 Å². The van der Waals surface area contributed by atoms with Gasteiger partial charge in [-0.15, -0.1) is 0 Å². The number of hydrogen-bond acceptors (Lipinski definition) is 3. The normalized spacial score (nSPS) is 13.3. The van der Waals surface area contributed by atoms with Crippen LogP contribution >= 0.6 is 0 Å². The zero-order valence-electron chi connectivity index (χ0n) is 19.2. The van der Waals surface area contributed by atoms with Gasteiger partial charge in [-0.25, -0.2) is 8.42 Å². The van der Waals surface area contributed by atoms with Crippen LogP contribution in [0.5, 0.6) is 0 Å². The molecule has 0 bridgehead atoms. The smallest absolute Gasteiger partial charge is 0.244 e. The van der Waals surface area contributed by atoms with Crippen LogP contribution in [-0.2, 0) is 14.8 Å². The molecule has 0 spiro atoms. The molecule has 0 unspecified atom stereocenters. The van der Waals surface area contributed by atoms with Crippen molar-refractivity contribution in [2.45, 2.75) is 39.8 Å². The van der Waals surface area contributed by atoms with Crippen molar-refractivity contribution in [3.05, 3.63) is 101 Å². The number of sulfonamides is 1. The van der Waals surface area contributed by atoms with E-state index in [0.29, 0.717) is 5.69 Å². The maximum Gasteiger partial charge on any atom is 0.244 e. The molecule has 0 radical (unpaired) electrons. The Morgan fingerprint density at radius 3 is 2.12 bits per heavy atom. The Kier molecular flexibility index (Phi) is 7.04. The molecule has 1 amide bonds. The Bertz CT molecular complexity index is 1210. The van der Waals surface area contributed by atoms with Crippen LogP contribution in [0.25, 0.3) is 0 Å². The molecule has 0 aliphatic heterocycles. The largest absolute Gasteiger partial charge is 0.343 e. The van der Waals surface area contributed by atoms with E-state index in [4.69, 9.17) is 0 Å². The van der Waals surface area contributed by atoms with Crippen LogP contribution in [0.1, 0.15) is 40.8 Å². The summed E-state index contributed by atoms with van der Waals surface area (Å²) in [4.78, 5) is 13.5. The number of carbonyl (C=O) groups excluding carboxylic acids is 1. The van der Waals surface area contributed by atoms with Crippen LogP contribution in [0, 0.1) is 20.8 Å². The Morgan fingerprint density at radius 1 is 0.875 bits per heavy atom. The molecule has 5 nitrogen and oxygen atoms in total. The molecule has 0 saturated heterocycles. The second kappa shape index (κ2) is 9.57. The van der Waals surface area contributed by atoms with Gasteiger partial charge in [0, 0.05) is 0 Å². The summed E-state index contributed by atoms with van der Waals surface area (Å²) in [7, 11) is -3.70. The van der Waals surface area contributed by atoms with Gasteiger partial charge < -0.3 is 5.32 Å². The number of nitrogens with one attached hydrogen (secondary N) is 1. The zero-order chi connectivity index (χ0) is 23.5. The number of benzene rings is 3. The van der Waals surface area contributed by atoms with Gasteiger partial charge in [0.1, 0.15) is 6.04 Å². The summed E-state index contributed by atoms with van der Waals surface area (Å²) < 4.78 is 26.7. The molecule has 2 atom stereocenters. The maximum atomic E-state index is 13.5. The van der Waals surface area contributed by atoms with Crippen molar-refractivity contribution in [1.29, 1.82) is 0 Å². The molecule has 3 rings (SSSR count). The number of carbonyl (C=O) groups is 1. The van der Waals surface area contributed by atoms with E-state index in [9.17, 15) is 13.2 Å². The molecular weight excluding hydrogens is 420 g/mol. The van der Waals surface area contributed by atoms with Crippen molar-refractivity contribution in [3.8, 4) is 0 Å². The predicted molar refractivity (Wildman–Crippen MR) is 130 cm³/mol. The highest BCUT2D eigenvalue weighted by Gasteiger charge is 2.32. The third-order valence-corrected chi connectivity index (χ3v) is 6.84. The minimum Gasteiger partial charge on any atom is -0.343 e. The SMILES string of the molecule is Cc1ccc(C)c(N([C@@H](C)C(=O)N[C@H](c2ccccc2)c2ccccc2C)S(C)(=O)=O)c1. The van der Waals surface area contributed by atoms with Crippen LogP contribution in [0.15, 0.2) is 72.8 Å². The van der Waals surface area contributed by atoms with E-state index in [1.165, 1.54) is 4.31 Å². The quantitative estimate of drug-likeness (QED) is 0.569. The van der Waals surface area contributed by atoms with Crippen molar-refractivity contribution >= 4 is 21.6 Å². The fourth-order valence-corrected chi connectivity index (χ4v) is 5.12. The van der Waals surface area contributed by atoms with E-state index in [-0.39, 0.29) is 5.91 Å². The van der Waals surface area contributed by atoms with Crippen LogP contribution in [-0.4, -0.2) is 26.6 Å². The van der Waals surface area contributed by atoms with Gasteiger partial charge in [-0.05, 0) is 61.6 Å². The van der Waals surface area contributed by atoms with E-state index < -0.39 is 22.1 Å². The van der Waals surface area contributed by atoms with Crippen molar-refractivity contribution in [1.82, 2.24) is 5.32 Å². The fraction of sp³-hybridized carbons (Fsp3) is 0.269. The maximum absolute atomic E-state index is 13.5. The highest BCUT2D eigenvalue weighted by atomic mass is 32.2. The average molecular weight is 451 g/mol. The lowest BCUT2D eigenvalue weighted by Gasteiger charge is -2.31. The molecular formula is C26H30N2O3S. The molecule has 0 aliphatic rings. The topological polar surface area (TPSA) is 66.5 Å². The standard InChI is InChI=1S/C26H30N2O3S/c1-18-15-16-20(3)24(17-18)28(32(5,30)31)21(4)26(29)27-25(22-12-7-6-8-13-22)23-14-10-9-11-19(23)2/h6-17,21,25H,1-5H3,(H,27,29)/t21-,25+/m0/s1. The Morgan fingerprint density at radius 2 is 1.50 bits per heavy atom. The lowest BCUT2D eigenvalue weighted by molar-refractivity contribution is -0.122. The van der Waals surface area contributed by atoms with Gasteiger partial charge >= 0.3 is 0 Å². The fourth-order valence-electron chi connectivity index (χ4n) is 3.90. The lowest BCUT2D eigenvalue weighted by atomic mass is 9.94. The Balaban J connectivity index is 2.01. The number of aryl methyl sites for hydroxylation is 3. The van der Waals surface area contributed by atoms with E-state index in [1.54, 1.807) is 13.0 Å². The van der Waals surface area contributed by atoms with Gasteiger partial charge in [0.15, 0.2) is 0 Å². The van der Waals surface area contributed by atoms with Crippen molar-refractivity contribution in [3.63, 3.8) is 0 Å². The lowest BCUT2D eigenvalue weighted by Crippen LogP contribution is -2.49. The Labute approximate surface area is 191 Å². The molecule has 32 heavy (non-hydrogen) atoms. The number of rotatable bonds is 7. The third-order valence-electron chi connectivity index (χ3n) is 5.61. The number of anilines is 1. The predicted octanol–water partition coefficient (Wildman–Crippen LogP) is 4.67. The van der Waals surface area contributed by atoms with Crippen molar-refractivity contribution in [2.24, 2.45) is 0 Å². The monoisotopic (exact) mass is 450 g/mol. The summed E-state index contributed by atoms with van der Waals surface area (Å²) in [5.74, 6) is -0.367. The highest BCUT2D eigenvalue weighted by molar-refractivity contribution is 7.92. The molecule has 168 valence electrons. The first-order chi connectivity index (χ1) is 15.1. The zero-order valence-corrected chi connectivity index (χ0v) is 20.0. The van der Waals surface area contributed by atoms with E-state index in [1.807, 2.05) is 87.5 Å². The summed E-state index contributed by atoms with van der Waals surface area (Å²) in [6, 6.07) is 21.8. The summed E-state index contributed by atoms with van der Waals surface area (Å²) in [5.41, 5.74) is 5.18. The Hall–Kier alpha value is -3.12. The average Bonchev–Trinajstić information content (AvgIpc) is 2.74. The van der Waals surface area contributed by atoms with Crippen LogP contribution < -0.4 is 9.62 Å². The number of nitrogens with zero attached hydrogens (tertiary/aromatic N) is 1. The first kappa shape index (κ1) is 23.5. The summed E-state index contributed by atoms with van der Waals surface area (Å²) in [6.07, 6.45) is 1.13. The molecule has 0 heterocycles. The van der Waals surface area contributed by atoms with Gasteiger partial charge in [-0.2, -0.15) is 0 Å². The van der Waals surface area contributed by atoms with Crippen LogP contribution in [0.3, 0.4) is 0 Å². The second-order valence-corrected chi connectivity index (χ2v) is 10.1. The molecule has 6 heteroatoms. The summed E-state index contributed by atoms with van der Waals surface area (Å²) in [5, 5.41) is 3.10. The van der Waals surface area contributed by atoms with Gasteiger partial charge in [-0.3, -0.25) is 9.10 Å². The van der Waals surface area contributed by atoms with Gasteiger partial charge in [0.05, 0.1) is 18.0 Å². The molecule has 0 aliphatic carbocycles. The minimum atomic E-state index is -3.70. The molecule has 3 aromatic carbocycles. The first-order valence-corrected chi connectivity index (χ1v) is 12.4. The van der Waals surface area contributed by atoms with E-state index in [0.717, 1.165) is 34.1 Å². The molecule has 0 fully saturated rings. The van der Waals surface area contributed by atoms with Crippen molar-refractivity contribution in [2.75, 3.05) is 10.6 Å². The molecule has 0 aromatic heterocycles. The van der Waals surface area contributed by atoms with Crippen LogP contribution in [0.2, 0.25) is 0 Å².